The Morgan fingerprint density at radius 1 is 1.41 bits per heavy atom. The molecule has 2 N–H and O–H groups in total. The molecule has 120 valence electrons. The van der Waals surface area contributed by atoms with E-state index in [1.54, 1.807) is 12.1 Å². The maximum atomic E-state index is 13.4. The van der Waals surface area contributed by atoms with Gasteiger partial charge in [0.1, 0.15) is 17.3 Å². The number of anilines is 1. The van der Waals surface area contributed by atoms with Gasteiger partial charge in [0.25, 0.3) is 0 Å². The van der Waals surface area contributed by atoms with Gasteiger partial charge in [0.05, 0.1) is 17.1 Å². The van der Waals surface area contributed by atoms with Gasteiger partial charge < -0.3 is 14.8 Å². The van der Waals surface area contributed by atoms with Crippen molar-refractivity contribution in [1.82, 2.24) is 9.78 Å². The SMILES string of the molecule is OCc1nn2c(c1Br)N[C@H](c1ccc(Br)o1)C[C@@H]2C(F)(F)F. The molecule has 1 aliphatic rings. The molecule has 1 aliphatic heterocycles. The molecule has 2 aromatic rings. The highest BCUT2D eigenvalue weighted by molar-refractivity contribution is 9.10. The van der Waals surface area contributed by atoms with E-state index < -0.39 is 24.9 Å². The van der Waals surface area contributed by atoms with Crippen LogP contribution in [0, 0.1) is 0 Å². The van der Waals surface area contributed by atoms with Crippen LogP contribution in [-0.4, -0.2) is 21.1 Å². The number of furan rings is 1. The summed E-state index contributed by atoms with van der Waals surface area (Å²) in [7, 11) is 0. The number of nitrogens with one attached hydrogen (secondary N) is 1. The molecule has 10 heteroatoms. The first-order valence-electron chi connectivity index (χ1n) is 6.27. The highest BCUT2D eigenvalue weighted by Gasteiger charge is 2.47. The van der Waals surface area contributed by atoms with Crippen molar-refractivity contribution in [2.24, 2.45) is 0 Å². The number of hydrogen-bond donors (Lipinski definition) is 2. The largest absolute Gasteiger partial charge is 0.452 e. The lowest BCUT2D eigenvalue weighted by Gasteiger charge is -2.32. The van der Waals surface area contributed by atoms with Crippen molar-refractivity contribution in [3.63, 3.8) is 0 Å². The molecule has 0 saturated carbocycles. The molecule has 0 amide bonds. The van der Waals surface area contributed by atoms with Crippen molar-refractivity contribution in [2.45, 2.75) is 31.3 Å². The number of aliphatic hydroxyl groups excluding tert-OH is 1. The zero-order valence-corrected chi connectivity index (χ0v) is 14.0. The number of rotatable bonds is 2. The predicted molar refractivity (Wildman–Crippen MR) is 78.3 cm³/mol. The maximum Gasteiger partial charge on any atom is 0.410 e. The van der Waals surface area contributed by atoms with Gasteiger partial charge >= 0.3 is 6.18 Å². The van der Waals surface area contributed by atoms with Crippen molar-refractivity contribution < 1.29 is 22.7 Å². The van der Waals surface area contributed by atoms with Crippen molar-refractivity contribution >= 4 is 37.7 Å². The van der Waals surface area contributed by atoms with Crippen LogP contribution in [0.3, 0.4) is 0 Å². The molecule has 0 fully saturated rings. The lowest BCUT2D eigenvalue weighted by Crippen LogP contribution is -2.35. The number of aromatic nitrogens is 2. The second-order valence-corrected chi connectivity index (χ2v) is 6.42. The van der Waals surface area contributed by atoms with Gasteiger partial charge in [-0.25, -0.2) is 4.68 Å². The first-order chi connectivity index (χ1) is 10.3. The molecule has 2 atom stereocenters. The zero-order valence-electron chi connectivity index (χ0n) is 10.9. The zero-order chi connectivity index (χ0) is 16.1. The second-order valence-electron chi connectivity index (χ2n) is 4.84. The summed E-state index contributed by atoms with van der Waals surface area (Å²) in [5.41, 5.74) is 0.151. The summed E-state index contributed by atoms with van der Waals surface area (Å²) in [5.74, 6) is 0.571. The summed E-state index contributed by atoms with van der Waals surface area (Å²) in [6.45, 7) is -0.455. The summed E-state index contributed by atoms with van der Waals surface area (Å²) in [4.78, 5) is 0. The Balaban J connectivity index is 2.06. The molecule has 22 heavy (non-hydrogen) atoms. The average Bonchev–Trinajstić information content (AvgIpc) is 3.01. The van der Waals surface area contributed by atoms with E-state index in [0.29, 0.717) is 14.9 Å². The van der Waals surface area contributed by atoms with E-state index in [9.17, 15) is 18.3 Å². The van der Waals surface area contributed by atoms with E-state index in [2.05, 4.69) is 42.3 Å². The van der Waals surface area contributed by atoms with Gasteiger partial charge in [0, 0.05) is 6.42 Å². The second kappa shape index (κ2) is 5.57. The lowest BCUT2D eigenvalue weighted by atomic mass is 10.0. The van der Waals surface area contributed by atoms with Gasteiger partial charge in [-0.2, -0.15) is 18.3 Å². The molecule has 0 bridgehead atoms. The van der Waals surface area contributed by atoms with Gasteiger partial charge in [-0.05, 0) is 44.0 Å². The molecule has 3 heterocycles. The Hall–Kier alpha value is -1.00. The fraction of sp³-hybridized carbons (Fsp3) is 0.417. The van der Waals surface area contributed by atoms with E-state index in [0.717, 1.165) is 4.68 Å². The van der Waals surface area contributed by atoms with Crippen LogP contribution in [0.2, 0.25) is 0 Å². The summed E-state index contributed by atoms with van der Waals surface area (Å²) < 4.78 is 47.1. The Bertz CT molecular complexity index is 698. The summed E-state index contributed by atoms with van der Waals surface area (Å²) >= 11 is 6.32. The van der Waals surface area contributed by atoms with E-state index in [1.165, 1.54) is 0 Å². The molecule has 5 nitrogen and oxygen atoms in total. The molecule has 2 aromatic heterocycles. The van der Waals surface area contributed by atoms with Crippen LogP contribution >= 0.6 is 31.9 Å². The number of alkyl halides is 3. The molecule has 0 aliphatic carbocycles. The summed E-state index contributed by atoms with van der Waals surface area (Å²) in [6, 6.07) is 0.793. The number of fused-ring (bicyclic) bond motifs is 1. The van der Waals surface area contributed by atoms with Gasteiger partial charge in [-0.1, -0.05) is 0 Å². The van der Waals surface area contributed by atoms with E-state index >= 15 is 0 Å². The molecular weight excluding hydrogens is 435 g/mol. The first kappa shape index (κ1) is 15.9. The molecular formula is C12H10Br2F3N3O2. The predicted octanol–water partition coefficient (Wildman–Crippen LogP) is 4.15. The van der Waals surface area contributed by atoms with Crippen molar-refractivity contribution in [3.05, 3.63) is 32.7 Å². The average molecular weight is 445 g/mol. The fourth-order valence-electron chi connectivity index (χ4n) is 2.44. The Kier molecular flexibility index (Phi) is 4.02. The standard InChI is InChI=1S/C12H10Br2F3N3O2/c13-9-2-1-7(22-9)5-3-8(12(15,16)17)20-11(18-5)10(14)6(4-21)19-20/h1-2,5,8,18,21H,3-4H2/t5-,8+/m0/s1. The Morgan fingerprint density at radius 2 is 2.14 bits per heavy atom. The van der Waals surface area contributed by atoms with Crippen molar-refractivity contribution in [2.75, 3.05) is 5.32 Å². The lowest BCUT2D eigenvalue weighted by molar-refractivity contribution is -0.174. The van der Waals surface area contributed by atoms with E-state index in [1.807, 2.05) is 0 Å². The summed E-state index contributed by atoms with van der Waals surface area (Å²) in [6.07, 6.45) is -4.72. The highest BCUT2D eigenvalue weighted by Crippen LogP contribution is 2.46. The number of halogens is 5. The Morgan fingerprint density at radius 3 is 2.68 bits per heavy atom. The van der Waals surface area contributed by atoms with E-state index in [4.69, 9.17) is 4.42 Å². The fourth-order valence-corrected chi connectivity index (χ4v) is 3.26. The van der Waals surface area contributed by atoms with Crippen LogP contribution in [0.25, 0.3) is 0 Å². The number of aliphatic hydroxyl groups is 1. The van der Waals surface area contributed by atoms with Gasteiger partial charge in [0.2, 0.25) is 0 Å². The van der Waals surface area contributed by atoms with Crippen molar-refractivity contribution in [3.8, 4) is 0 Å². The van der Waals surface area contributed by atoms with E-state index in [-0.39, 0.29) is 17.9 Å². The molecule has 0 radical (unpaired) electrons. The van der Waals surface area contributed by atoms with Gasteiger partial charge in [-0.15, -0.1) is 0 Å². The third kappa shape index (κ3) is 2.67. The molecule has 0 aromatic carbocycles. The van der Waals surface area contributed by atoms with Crippen LogP contribution in [0.15, 0.2) is 25.7 Å². The molecule has 3 rings (SSSR count). The van der Waals surface area contributed by atoms with Crippen LogP contribution in [0.1, 0.15) is 30.0 Å². The smallest absolute Gasteiger partial charge is 0.410 e. The van der Waals surface area contributed by atoms with Gasteiger partial charge in [0.15, 0.2) is 10.7 Å². The topological polar surface area (TPSA) is 63.2 Å². The van der Waals surface area contributed by atoms with Crippen LogP contribution in [0.4, 0.5) is 19.0 Å². The normalized spacial score (nSPS) is 21.5. The monoisotopic (exact) mass is 443 g/mol. The minimum atomic E-state index is -4.46. The molecule has 0 saturated heterocycles. The number of nitrogens with zero attached hydrogens (tertiary/aromatic N) is 2. The summed E-state index contributed by atoms with van der Waals surface area (Å²) in [5, 5.41) is 16.0. The first-order valence-corrected chi connectivity index (χ1v) is 7.86. The van der Waals surface area contributed by atoms with Crippen LogP contribution in [0.5, 0.6) is 0 Å². The van der Waals surface area contributed by atoms with Crippen LogP contribution < -0.4 is 5.32 Å². The molecule has 0 unspecified atom stereocenters. The quantitative estimate of drug-likeness (QED) is 0.730. The minimum absolute atomic E-state index is 0.151. The van der Waals surface area contributed by atoms with Crippen molar-refractivity contribution in [1.29, 1.82) is 0 Å². The third-order valence-electron chi connectivity index (χ3n) is 3.45. The minimum Gasteiger partial charge on any atom is -0.452 e. The highest BCUT2D eigenvalue weighted by atomic mass is 79.9. The third-order valence-corrected chi connectivity index (χ3v) is 4.71. The van der Waals surface area contributed by atoms with Crippen LogP contribution in [-0.2, 0) is 6.61 Å². The number of hydrogen-bond acceptors (Lipinski definition) is 4. The Labute approximate surface area is 139 Å². The molecule has 0 spiro atoms. The van der Waals surface area contributed by atoms with Gasteiger partial charge in [-0.3, -0.25) is 0 Å². The maximum absolute atomic E-state index is 13.4.